The van der Waals surface area contributed by atoms with Crippen LogP contribution in [0.2, 0.25) is 5.02 Å². The first-order valence-electron chi connectivity index (χ1n) is 5.98. The molecule has 0 radical (unpaired) electrons. The van der Waals surface area contributed by atoms with Gasteiger partial charge in [0.15, 0.2) is 0 Å². The normalized spacial score (nSPS) is 11.9. The fraction of sp³-hybridized carbons (Fsp3) is 0.385. The first-order valence-corrected chi connectivity index (χ1v) is 7.15. The monoisotopic (exact) mass is 363 g/mol. The van der Waals surface area contributed by atoms with Gasteiger partial charge in [-0.05, 0) is 30.7 Å². The maximum atomic E-state index is 11.5. The minimum atomic E-state index is -1.11. The summed E-state index contributed by atoms with van der Waals surface area (Å²) in [5.74, 6) is -1.57. The average molecular weight is 365 g/mol. The van der Waals surface area contributed by atoms with Crippen molar-refractivity contribution < 1.29 is 19.4 Å². The van der Waals surface area contributed by atoms with Gasteiger partial charge >= 0.3 is 5.97 Å². The summed E-state index contributed by atoms with van der Waals surface area (Å²) in [6.45, 7) is 1.99. The fourth-order valence-electron chi connectivity index (χ4n) is 1.55. The largest absolute Gasteiger partial charge is 0.480 e. The highest BCUT2D eigenvalue weighted by atomic mass is 79.9. The quantitative estimate of drug-likeness (QED) is 0.778. The number of carboxylic acid groups (broad SMARTS) is 1. The molecule has 0 bridgehead atoms. The Morgan fingerprint density at radius 1 is 1.50 bits per heavy atom. The molecule has 1 amide bonds. The Morgan fingerprint density at radius 2 is 2.20 bits per heavy atom. The van der Waals surface area contributed by atoms with E-state index in [2.05, 4.69) is 21.2 Å². The molecule has 7 heteroatoms. The van der Waals surface area contributed by atoms with Crippen LogP contribution in [-0.2, 0) is 20.7 Å². The molecule has 0 aliphatic carbocycles. The Labute approximate surface area is 130 Å². The van der Waals surface area contributed by atoms with Crippen LogP contribution in [0.1, 0.15) is 12.5 Å². The highest BCUT2D eigenvalue weighted by Crippen LogP contribution is 2.22. The van der Waals surface area contributed by atoms with E-state index in [1.165, 1.54) is 0 Å². The summed E-state index contributed by atoms with van der Waals surface area (Å²) in [4.78, 5) is 22.7. The molecular weight excluding hydrogens is 350 g/mol. The molecule has 20 heavy (non-hydrogen) atoms. The fourth-order valence-corrected chi connectivity index (χ4v) is 2.15. The molecule has 1 aromatic rings. The van der Waals surface area contributed by atoms with Gasteiger partial charge in [-0.1, -0.05) is 27.5 Å². The van der Waals surface area contributed by atoms with Gasteiger partial charge in [-0.2, -0.15) is 0 Å². The third kappa shape index (κ3) is 5.48. The van der Waals surface area contributed by atoms with Gasteiger partial charge in [0, 0.05) is 22.5 Å². The number of carbonyl (C=O) groups is 2. The number of halogens is 2. The highest BCUT2D eigenvalue weighted by Gasteiger charge is 2.21. The lowest BCUT2D eigenvalue weighted by molar-refractivity contribution is -0.142. The van der Waals surface area contributed by atoms with E-state index in [4.69, 9.17) is 21.4 Å². The molecule has 0 saturated heterocycles. The molecule has 2 N–H and O–H groups in total. The van der Waals surface area contributed by atoms with Gasteiger partial charge in [0.2, 0.25) is 5.91 Å². The molecule has 0 aliphatic rings. The van der Waals surface area contributed by atoms with Crippen LogP contribution in [0.25, 0.3) is 0 Å². The van der Waals surface area contributed by atoms with Gasteiger partial charge in [-0.3, -0.25) is 4.79 Å². The summed E-state index contributed by atoms with van der Waals surface area (Å²) in [7, 11) is 0. The van der Waals surface area contributed by atoms with E-state index in [-0.39, 0.29) is 13.0 Å². The van der Waals surface area contributed by atoms with Crippen molar-refractivity contribution in [1.82, 2.24) is 5.32 Å². The van der Waals surface area contributed by atoms with Crippen molar-refractivity contribution in [3.63, 3.8) is 0 Å². The lowest BCUT2D eigenvalue weighted by atomic mass is 10.1. The predicted molar refractivity (Wildman–Crippen MR) is 78.9 cm³/mol. The van der Waals surface area contributed by atoms with Crippen LogP contribution in [-0.4, -0.2) is 36.2 Å². The zero-order valence-electron chi connectivity index (χ0n) is 10.9. The predicted octanol–water partition coefficient (Wildman–Crippen LogP) is 2.25. The van der Waals surface area contributed by atoms with Crippen molar-refractivity contribution in [2.45, 2.75) is 19.4 Å². The number of hydrogen-bond acceptors (Lipinski definition) is 3. The van der Waals surface area contributed by atoms with E-state index in [1.54, 1.807) is 25.1 Å². The number of ether oxygens (including phenoxy) is 1. The Kier molecular flexibility index (Phi) is 6.98. The van der Waals surface area contributed by atoms with Gasteiger partial charge in [0.1, 0.15) is 12.6 Å². The zero-order chi connectivity index (χ0) is 15.1. The maximum Gasteiger partial charge on any atom is 0.326 e. The second kappa shape index (κ2) is 8.24. The van der Waals surface area contributed by atoms with Crippen LogP contribution in [0.5, 0.6) is 0 Å². The van der Waals surface area contributed by atoms with Crippen LogP contribution >= 0.6 is 27.5 Å². The van der Waals surface area contributed by atoms with E-state index < -0.39 is 17.9 Å². The lowest BCUT2D eigenvalue weighted by Gasteiger charge is -2.15. The lowest BCUT2D eigenvalue weighted by Crippen LogP contribution is -2.43. The second-order valence-corrected chi connectivity index (χ2v) is 5.33. The van der Waals surface area contributed by atoms with Crippen molar-refractivity contribution >= 4 is 39.4 Å². The first-order chi connectivity index (χ1) is 9.43. The molecule has 0 aromatic heterocycles. The molecule has 1 aromatic carbocycles. The maximum absolute atomic E-state index is 11.5. The topological polar surface area (TPSA) is 75.6 Å². The van der Waals surface area contributed by atoms with Gasteiger partial charge in [0.05, 0.1) is 0 Å². The van der Waals surface area contributed by atoms with Gasteiger partial charge in [-0.25, -0.2) is 4.79 Å². The van der Waals surface area contributed by atoms with Crippen LogP contribution in [0, 0.1) is 0 Å². The van der Waals surface area contributed by atoms with E-state index in [9.17, 15) is 9.59 Å². The van der Waals surface area contributed by atoms with Crippen LogP contribution < -0.4 is 5.32 Å². The smallest absolute Gasteiger partial charge is 0.326 e. The number of carboxylic acids is 1. The molecule has 0 aliphatic heterocycles. The van der Waals surface area contributed by atoms with Crippen LogP contribution in [0.3, 0.4) is 0 Å². The average Bonchev–Trinajstić information content (AvgIpc) is 2.39. The summed E-state index contributed by atoms with van der Waals surface area (Å²) >= 11 is 9.21. The number of nitrogens with one attached hydrogen (secondary N) is 1. The van der Waals surface area contributed by atoms with Gasteiger partial charge in [-0.15, -0.1) is 0 Å². The van der Waals surface area contributed by atoms with Crippen LogP contribution in [0.4, 0.5) is 0 Å². The number of hydrogen-bond donors (Lipinski definition) is 2. The molecule has 1 atom stereocenters. The number of aliphatic carboxylic acids is 1. The standard InChI is InChI=1S/C13H15BrClNO4/c1-2-20-7-12(17)16-11(13(18)19)6-8-5-9(15)3-4-10(8)14/h3-5,11H,2,6-7H2,1H3,(H,16,17)(H,18,19)/t11-/m1/s1. The summed E-state index contributed by atoms with van der Waals surface area (Å²) in [5, 5.41) is 12.1. The summed E-state index contributed by atoms with van der Waals surface area (Å²) in [5.41, 5.74) is 0.710. The Hall–Kier alpha value is -1.11. The molecule has 5 nitrogen and oxygen atoms in total. The minimum Gasteiger partial charge on any atom is -0.480 e. The summed E-state index contributed by atoms with van der Waals surface area (Å²) < 4.78 is 5.68. The van der Waals surface area contributed by atoms with E-state index >= 15 is 0 Å². The van der Waals surface area contributed by atoms with Crippen molar-refractivity contribution in [2.75, 3.05) is 13.2 Å². The van der Waals surface area contributed by atoms with E-state index in [0.717, 1.165) is 4.47 Å². The van der Waals surface area contributed by atoms with Gasteiger partial charge < -0.3 is 15.2 Å². The van der Waals surface area contributed by atoms with Crippen LogP contribution in [0.15, 0.2) is 22.7 Å². The van der Waals surface area contributed by atoms with Crippen molar-refractivity contribution in [2.24, 2.45) is 0 Å². The molecule has 0 unspecified atom stereocenters. The molecular formula is C13H15BrClNO4. The zero-order valence-corrected chi connectivity index (χ0v) is 13.2. The van der Waals surface area contributed by atoms with Crippen molar-refractivity contribution in [3.8, 4) is 0 Å². The SMILES string of the molecule is CCOCC(=O)N[C@H](Cc1cc(Cl)ccc1Br)C(=O)O. The van der Waals surface area contributed by atoms with E-state index in [1.807, 2.05) is 0 Å². The molecule has 0 heterocycles. The second-order valence-electron chi connectivity index (χ2n) is 4.04. The molecule has 0 spiro atoms. The van der Waals surface area contributed by atoms with Gasteiger partial charge in [0.25, 0.3) is 0 Å². The number of rotatable bonds is 7. The molecule has 0 saturated carbocycles. The Balaban J connectivity index is 2.74. The molecule has 110 valence electrons. The number of amides is 1. The van der Waals surface area contributed by atoms with Crippen molar-refractivity contribution in [1.29, 1.82) is 0 Å². The highest BCUT2D eigenvalue weighted by molar-refractivity contribution is 9.10. The molecule has 1 rings (SSSR count). The first kappa shape index (κ1) is 16.9. The Morgan fingerprint density at radius 3 is 2.80 bits per heavy atom. The molecule has 0 fully saturated rings. The van der Waals surface area contributed by atoms with Crippen molar-refractivity contribution in [3.05, 3.63) is 33.3 Å². The number of benzene rings is 1. The minimum absolute atomic E-state index is 0.133. The third-order valence-corrected chi connectivity index (χ3v) is 3.51. The third-order valence-electron chi connectivity index (χ3n) is 2.50. The number of carbonyl (C=O) groups excluding carboxylic acids is 1. The summed E-state index contributed by atoms with van der Waals surface area (Å²) in [6.07, 6.45) is 0.133. The Bertz CT molecular complexity index is 495. The summed E-state index contributed by atoms with van der Waals surface area (Å²) in [6, 6.07) is 4.06. The van der Waals surface area contributed by atoms with E-state index in [0.29, 0.717) is 17.2 Å².